The number of β-amino-alcohol motifs (C(OH)–C–C–N with tert-alkyl or cyclic N) is 1. The molecule has 0 bridgehead atoms. The van der Waals surface area contributed by atoms with Gasteiger partial charge in [-0.05, 0) is 63.1 Å². The Morgan fingerprint density at radius 3 is 1.91 bits per heavy atom. The van der Waals surface area contributed by atoms with Crippen LogP contribution in [0.5, 0.6) is 11.5 Å². The van der Waals surface area contributed by atoms with Crippen molar-refractivity contribution in [3.8, 4) is 34.3 Å². The van der Waals surface area contributed by atoms with Gasteiger partial charge in [0.15, 0.2) is 5.52 Å². The first-order chi connectivity index (χ1) is 30.9. The van der Waals surface area contributed by atoms with E-state index in [1.807, 2.05) is 20.8 Å². The first-order valence-corrected chi connectivity index (χ1v) is 23.7. The zero-order chi connectivity index (χ0) is 47.4. The normalized spacial score (nSPS) is 14.8. The van der Waals surface area contributed by atoms with Crippen LogP contribution in [0.15, 0.2) is 55.8 Å². The standard InChI is InChI=1S/C20H26N6O7S.C20H25N5O5S/c1-4-6-15(21)17-18(22-3)20(27)24-19(23-17)14-9-13(7-8-16(14)32-5-2)34(30,31)25-10-12(11-25)33-26(28)29;1-4-6-15-17-18(24(3)23-15)20(27)22-19(21-17)14-9-13(7-8-16(14)30-5-2)31(28,29)25-10-12(26)11-25/h7-9,12,21-22H,4-6,10-11H2,1-3H3,(H,23,24,27);7-9,12,26H,4-6,10-11H2,1-3H3,(H,21,22,27). The number of rotatable bonds is 18. The van der Waals surface area contributed by atoms with Crippen molar-refractivity contribution in [1.82, 2.24) is 38.3 Å². The number of fused-ring (bicyclic) bond motifs is 1. The Kier molecular flexibility index (Phi) is 14.7. The Hall–Kier alpha value is -6.28. The lowest BCUT2D eigenvalue weighted by Crippen LogP contribution is -2.55. The number of nitrogens with zero attached hydrogens (tertiary/aromatic N) is 7. The predicted octanol–water partition coefficient (Wildman–Crippen LogP) is 2.67. The van der Waals surface area contributed by atoms with Gasteiger partial charge >= 0.3 is 0 Å². The molecule has 0 amide bonds. The summed E-state index contributed by atoms with van der Waals surface area (Å²) in [7, 11) is -4.53. The van der Waals surface area contributed by atoms with Gasteiger partial charge in [-0.1, -0.05) is 26.7 Å². The molecule has 0 atom stereocenters. The second-order valence-electron chi connectivity index (χ2n) is 15.0. The molecule has 5 heterocycles. The molecule has 5 N–H and O–H groups in total. The van der Waals surface area contributed by atoms with Gasteiger partial charge in [-0.2, -0.15) is 13.7 Å². The van der Waals surface area contributed by atoms with Crippen molar-refractivity contribution in [2.24, 2.45) is 7.05 Å². The molecule has 0 radical (unpaired) electrons. The quantitative estimate of drug-likeness (QED) is 0.0479. The first kappa shape index (κ1) is 48.2. The fourth-order valence-corrected chi connectivity index (χ4v) is 10.2. The zero-order valence-electron chi connectivity index (χ0n) is 36.6. The SMILES string of the molecule is CCCC(=N)c1nc(-c2cc(S(=O)(=O)N3CC(O[N+](=O)[O-])C3)ccc2OCC)[nH]c(=O)c1NC.CCCc1nn(C)c2c(=O)[nH]c(-c3cc(S(=O)(=O)N4CC(O)C4)ccc3OCC)nc12. The lowest BCUT2D eigenvalue weighted by atomic mass is 10.1. The number of nitrogens with one attached hydrogen (secondary N) is 4. The second-order valence-corrected chi connectivity index (χ2v) is 18.9. The maximum absolute atomic E-state index is 13.0. The van der Waals surface area contributed by atoms with Crippen molar-refractivity contribution in [2.45, 2.75) is 75.4 Å². The number of aliphatic hydroxyl groups is 1. The summed E-state index contributed by atoms with van der Waals surface area (Å²) in [6.07, 6.45) is 1.11. The highest BCUT2D eigenvalue weighted by molar-refractivity contribution is 7.89. The van der Waals surface area contributed by atoms with E-state index in [0.717, 1.165) is 10.7 Å². The molecular weight excluding hydrogens is 891 g/mol. The Balaban J connectivity index is 0.000000216. The number of aromatic nitrogens is 6. The van der Waals surface area contributed by atoms with E-state index in [9.17, 15) is 41.6 Å². The van der Waals surface area contributed by atoms with Gasteiger partial charge in [-0.15, -0.1) is 10.1 Å². The van der Waals surface area contributed by atoms with Crippen LogP contribution in [0.3, 0.4) is 0 Å². The van der Waals surface area contributed by atoms with Crippen LogP contribution in [-0.4, -0.2) is 130 Å². The molecule has 0 saturated carbocycles. The van der Waals surface area contributed by atoms with Crippen molar-refractivity contribution < 1.29 is 41.3 Å². The van der Waals surface area contributed by atoms with Crippen molar-refractivity contribution in [1.29, 1.82) is 5.41 Å². The topological polar surface area (TPSA) is 311 Å². The van der Waals surface area contributed by atoms with E-state index in [0.29, 0.717) is 59.7 Å². The van der Waals surface area contributed by atoms with Crippen LogP contribution in [-0.2, 0) is 38.4 Å². The Morgan fingerprint density at radius 2 is 1.42 bits per heavy atom. The average molecular weight is 942 g/mol. The Morgan fingerprint density at radius 1 is 0.877 bits per heavy atom. The third-order valence-electron chi connectivity index (χ3n) is 10.4. The molecule has 2 fully saturated rings. The molecule has 3 aromatic heterocycles. The summed E-state index contributed by atoms with van der Waals surface area (Å²) in [6, 6.07) is 8.60. The van der Waals surface area contributed by atoms with E-state index in [-0.39, 0.29) is 82.4 Å². The molecule has 65 heavy (non-hydrogen) atoms. The molecule has 2 saturated heterocycles. The summed E-state index contributed by atoms with van der Waals surface area (Å²) in [6.45, 7) is 7.93. The number of anilines is 1. The molecule has 25 heteroatoms. The number of ether oxygens (including phenoxy) is 2. The van der Waals surface area contributed by atoms with Crippen LogP contribution in [0.25, 0.3) is 33.8 Å². The van der Waals surface area contributed by atoms with Gasteiger partial charge in [0.25, 0.3) is 16.2 Å². The number of hydrogen-bond donors (Lipinski definition) is 5. The third kappa shape index (κ3) is 10.0. The van der Waals surface area contributed by atoms with E-state index >= 15 is 0 Å². The maximum Gasteiger partial charge on any atom is 0.294 e. The number of hydrogen-bond acceptors (Lipinski definition) is 17. The van der Waals surface area contributed by atoms with E-state index < -0.39 is 42.9 Å². The lowest BCUT2D eigenvalue weighted by molar-refractivity contribution is -0.771. The van der Waals surface area contributed by atoms with E-state index in [2.05, 4.69) is 35.2 Å². The van der Waals surface area contributed by atoms with Gasteiger partial charge in [0.05, 0.1) is 51.6 Å². The van der Waals surface area contributed by atoms with Crippen LogP contribution in [0.4, 0.5) is 5.69 Å². The van der Waals surface area contributed by atoms with Crippen molar-refractivity contribution in [3.63, 3.8) is 0 Å². The number of aryl methyl sites for hydroxylation is 2. The summed E-state index contributed by atoms with van der Waals surface area (Å²) in [4.78, 5) is 54.8. The molecule has 350 valence electrons. The molecule has 2 aliphatic heterocycles. The fraction of sp³-hybridized carbons (Fsp3) is 0.450. The summed E-state index contributed by atoms with van der Waals surface area (Å²) < 4.78 is 67.0. The Bertz CT molecular complexity index is 2940. The minimum absolute atomic E-state index is 0.0422. The number of aliphatic hydroxyl groups excluding tert-OH is 1. The van der Waals surface area contributed by atoms with Gasteiger partial charge in [0.1, 0.15) is 46.1 Å². The largest absolute Gasteiger partial charge is 0.493 e. The fourth-order valence-electron chi connectivity index (χ4n) is 7.17. The summed E-state index contributed by atoms with van der Waals surface area (Å²) >= 11 is 0. The zero-order valence-corrected chi connectivity index (χ0v) is 38.2. The van der Waals surface area contributed by atoms with Crippen molar-refractivity contribution in [3.05, 3.63) is 78.6 Å². The van der Waals surface area contributed by atoms with E-state index in [1.165, 1.54) is 39.3 Å². The summed E-state index contributed by atoms with van der Waals surface area (Å²) in [5, 5.41) is 34.5. The van der Waals surface area contributed by atoms with E-state index in [4.69, 9.17) is 14.9 Å². The molecule has 0 unspecified atom stereocenters. The highest BCUT2D eigenvalue weighted by Gasteiger charge is 2.40. The second kappa shape index (κ2) is 19.9. The highest BCUT2D eigenvalue weighted by atomic mass is 32.2. The molecule has 0 spiro atoms. The van der Waals surface area contributed by atoms with E-state index in [1.54, 1.807) is 27.1 Å². The van der Waals surface area contributed by atoms with Crippen LogP contribution in [0.2, 0.25) is 0 Å². The molecule has 23 nitrogen and oxygen atoms in total. The first-order valence-electron chi connectivity index (χ1n) is 20.8. The van der Waals surface area contributed by atoms with Crippen molar-refractivity contribution >= 4 is 42.5 Å². The third-order valence-corrected chi connectivity index (χ3v) is 14.0. The van der Waals surface area contributed by atoms with Gasteiger partial charge < -0.3 is 40.1 Å². The number of benzene rings is 2. The Labute approximate surface area is 373 Å². The molecule has 5 aromatic rings. The van der Waals surface area contributed by atoms with Gasteiger partial charge in [0, 0.05) is 40.3 Å². The number of sulfonamides is 2. The minimum atomic E-state index is -3.99. The van der Waals surface area contributed by atoms with Gasteiger partial charge in [-0.3, -0.25) is 14.3 Å². The molecular formula is C40H51N11O12S2. The van der Waals surface area contributed by atoms with Crippen LogP contribution >= 0.6 is 0 Å². The van der Waals surface area contributed by atoms with Crippen LogP contribution in [0.1, 0.15) is 58.3 Å². The summed E-state index contributed by atoms with van der Waals surface area (Å²) in [5.41, 5.74) is 1.76. The predicted molar refractivity (Wildman–Crippen MR) is 238 cm³/mol. The lowest BCUT2D eigenvalue weighted by Gasteiger charge is -2.36. The van der Waals surface area contributed by atoms with Crippen LogP contribution < -0.4 is 25.9 Å². The smallest absolute Gasteiger partial charge is 0.294 e. The molecule has 2 aliphatic rings. The van der Waals surface area contributed by atoms with Gasteiger partial charge in [-0.25, -0.2) is 26.8 Å². The highest BCUT2D eigenvalue weighted by Crippen LogP contribution is 2.35. The van der Waals surface area contributed by atoms with Crippen LogP contribution in [0, 0.1) is 15.5 Å². The van der Waals surface area contributed by atoms with Gasteiger partial charge in [0.2, 0.25) is 20.0 Å². The summed E-state index contributed by atoms with van der Waals surface area (Å²) in [5.74, 6) is 0.979. The average Bonchev–Trinajstić information content (AvgIpc) is 3.55. The monoisotopic (exact) mass is 941 g/mol. The molecule has 0 aliphatic carbocycles. The maximum atomic E-state index is 13.0. The number of H-pyrrole nitrogens is 2. The minimum Gasteiger partial charge on any atom is -0.493 e. The number of aromatic amines is 2. The van der Waals surface area contributed by atoms with Crippen molar-refractivity contribution in [2.75, 3.05) is 51.8 Å². The molecule has 7 rings (SSSR count). The molecule has 2 aromatic carbocycles.